The summed E-state index contributed by atoms with van der Waals surface area (Å²) in [5, 5.41) is 8.02. The lowest BCUT2D eigenvalue weighted by atomic mass is 10.3. The number of carbonyl (C=O) groups is 1. The zero-order valence-electron chi connectivity index (χ0n) is 5.07. The van der Waals surface area contributed by atoms with Crippen LogP contribution in [0.4, 0.5) is 0 Å². The lowest BCUT2D eigenvalue weighted by Gasteiger charge is -1.89. The molecule has 3 nitrogen and oxygen atoms in total. The van der Waals surface area contributed by atoms with Gasteiger partial charge in [-0.3, -0.25) is 0 Å². The first-order chi connectivity index (χ1) is 3.63. The van der Waals surface area contributed by atoms with Crippen molar-refractivity contribution in [3.63, 3.8) is 0 Å². The van der Waals surface area contributed by atoms with Gasteiger partial charge in [0.25, 0.3) is 0 Å². The summed E-state index contributed by atoms with van der Waals surface area (Å²) >= 11 is 0. The smallest absolute Gasteiger partial charge is 0.328 e. The highest BCUT2D eigenvalue weighted by Crippen LogP contribution is 1.77. The highest BCUT2D eigenvalue weighted by Gasteiger charge is 1.86. The van der Waals surface area contributed by atoms with Gasteiger partial charge in [-0.1, -0.05) is 6.08 Å². The molecule has 0 spiro atoms. The Labute approximate surface area is 60.0 Å². The number of carboxylic acids is 1. The Morgan fingerprint density at radius 3 is 2.33 bits per heavy atom. The molecule has 4 heteroatoms. The molecule has 0 amide bonds. The maximum absolute atomic E-state index is 9.76. The molecule has 3 N–H and O–H groups in total. The van der Waals surface area contributed by atoms with Crippen molar-refractivity contribution in [1.29, 1.82) is 0 Å². The highest BCUT2D eigenvalue weighted by atomic mass is 35.5. The minimum Gasteiger partial charge on any atom is -0.478 e. The predicted molar refractivity (Wildman–Crippen MR) is 37.7 cm³/mol. The quantitative estimate of drug-likeness (QED) is 0.562. The summed E-state index contributed by atoms with van der Waals surface area (Å²) in [5.74, 6) is -0.956. The second-order valence-corrected chi connectivity index (χ2v) is 1.56. The molecule has 9 heavy (non-hydrogen) atoms. The van der Waals surface area contributed by atoms with E-state index >= 15 is 0 Å². The fourth-order valence-corrected chi connectivity index (χ4v) is 0.234. The van der Waals surface area contributed by atoms with E-state index in [0.717, 1.165) is 6.08 Å². The Bertz CT molecular complexity index is 112. The largest absolute Gasteiger partial charge is 0.478 e. The number of nitrogens with two attached hydrogens (primary N) is 1. The van der Waals surface area contributed by atoms with E-state index in [9.17, 15) is 4.79 Å². The minimum atomic E-state index is -0.956. The minimum absolute atomic E-state index is 0. The summed E-state index contributed by atoms with van der Waals surface area (Å²) in [6, 6.07) is -0.175. The third kappa shape index (κ3) is 11.2. The summed E-state index contributed by atoms with van der Waals surface area (Å²) in [6.07, 6.45) is 2.45. The number of carboxylic acid groups (broad SMARTS) is 1. The Balaban J connectivity index is 0. The molecule has 1 atom stereocenters. The van der Waals surface area contributed by atoms with Gasteiger partial charge in [-0.05, 0) is 6.92 Å². The van der Waals surface area contributed by atoms with E-state index in [1.54, 1.807) is 6.92 Å². The van der Waals surface area contributed by atoms with E-state index in [2.05, 4.69) is 0 Å². The van der Waals surface area contributed by atoms with Crippen LogP contribution in [-0.4, -0.2) is 17.1 Å². The van der Waals surface area contributed by atoms with Gasteiger partial charge in [0.1, 0.15) is 0 Å². The summed E-state index contributed by atoms with van der Waals surface area (Å²) in [4.78, 5) is 9.76. The van der Waals surface area contributed by atoms with Crippen molar-refractivity contribution in [2.24, 2.45) is 5.73 Å². The molecular weight excluding hydrogens is 142 g/mol. The van der Waals surface area contributed by atoms with Crippen LogP contribution < -0.4 is 5.73 Å². The molecule has 0 unspecified atom stereocenters. The predicted octanol–water partition coefficient (Wildman–Crippen LogP) is 0.396. The topological polar surface area (TPSA) is 63.3 Å². The van der Waals surface area contributed by atoms with Crippen molar-refractivity contribution < 1.29 is 9.90 Å². The average Bonchev–Trinajstić information content (AvgIpc) is 1.61. The number of rotatable bonds is 2. The maximum Gasteiger partial charge on any atom is 0.328 e. The SMILES string of the molecule is C[C@@H](N)C=CC(=O)O.Cl. The lowest BCUT2D eigenvalue weighted by molar-refractivity contribution is -0.131. The fourth-order valence-electron chi connectivity index (χ4n) is 0.234. The third-order valence-electron chi connectivity index (χ3n) is 0.542. The van der Waals surface area contributed by atoms with Gasteiger partial charge in [0, 0.05) is 12.1 Å². The van der Waals surface area contributed by atoms with Crippen LogP contribution in [0.2, 0.25) is 0 Å². The third-order valence-corrected chi connectivity index (χ3v) is 0.542. The van der Waals surface area contributed by atoms with E-state index in [0.29, 0.717) is 0 Å². The van der Waals surface area contributed by atoms with Gasteiger partial charge in [0.2, 0.25) is 0 Å². The van der Waals surface area contributed by atoms with Crippen LogP contribution in [0.1, 0.15) is 6.92 Å². The number of hydrogen-bond acceptors (Lipinski definition) is 2. The Kier molecular flexibility index (Phi) is 7.01. The van der Waals surface area contributed by atoms with Gasteiger partial charge in [-0.2, -0.15) is 0 Å². The number of halogens is 1. The first-order valence-electron chi connectivity index (χ1n) is 2.29. The van der Waals surface area contributed by atoms with Crippen molar-refractivity contribution in [2.45, 2.75) is 13.0 Å². The molecule has 0 aliphatic carbocycles. The van der Waals surface area contributed by atoms with Crippen molar-refractivity contribution in [1.82, 2.24) is 0 Å². The van der Waals surface area contributed by atoms with Crippen LogP contribution in [0, 0.1) is 0 Å². The molecule has 0 aliphatic rings. The molecular formula is C5H10ClNO2. The van der Waals surface area contributed by atoms with Crippen molar-refractivity contribution in [3.05, 3.63) is 12.2 Å². The van der Waals surface area contributed by atoms with Crippen molar-refractivity contribution in [3.8, 4) is 0 Å². The van der Waals surface area contributed by atoms with E-state index in [4.69, 9.17) is 10.8 Å². The Morgan fingerprint density at radius 2 is 2.22 bits per heavy atom. The van der Waals surface area contributed by atoms with E-state index in [1.165, 1.54) is 6.08 Å². The Morgan fingerprint density at radius 1 is 1.78 bits per heavy atom. The number of hydrogen-bond donors (Lipinski definition) is 2. The molecule has 0 fully saturated rings. The number of aliphatic carboxylic acids is 1. The van der Waals surface area contributed by atoms with Crippen LogP contribution in [0.5, 0.6) is 0 Å². The molecule has 0 saturated heterocycles. The molecule has 0 aromatic rings. The maximum atomic E-state index is 9.76. The first kappa shape index (κ1) is 11.3. The molecule has 0 radical (unpaired) electrons. The van der Waals surface area contributed by atoms with Gasteiger partial charge >= 0.3 is 5.97 Å². The summed E-state index contributed by atoms with van der Waals surface area (Å²) in [7, 11) is 0. The molecule has 0 aliphatic heterocycles. The van der Waals surface area contributed by atoms with Gasteiger partial charge in [0.15, 0.2) is 0 Å². The van der Waals surface area contributed by atoms with Gasteiger partial charge in [-0.15, -0.1) is 12.4 Å². The molecule has 54 valence electrons. The second-order valence-electron chi connectivity index (χ2n) is 1.56. The van der Waals surface area contributed by atoms with E-state index < -0.39 is 5.97 Å². The highest BCUT2D eigenvalue weighted by molar-refractivity contribution is 5.85. The zero-order valence-corrected chi connectivity index (χ0v) is 5.89. The second kappa shape index (κ2) is 5.59. The van der Waals surface area contributed by atoms with E-state index in [-0.39, 0.29) is 18.4 Å². The molecule has 0 aromatic carbocycles. The molecule has 0 bridgehead atoms. The summed E-state index contributed by atoms with van der Waals surface area (Å²) in [5.41, 5.74) is 5.19. The Hall–Kier alpha value is -0.540. The summed E-state index contributed by atoms with van der Waals surface area (Å²) in [6.45, 7) is 1.71. The van der Waals surface area contributed by atoms with Crippen LogP contribution >= 0.6 is 12.4 Å². The van der Waals surface area contributed by atoms with Gasteiger partial charge < -0.3 is 10.8 Å². The zero-order chi connectivity index (χ0) is 6.57. The summed E-state index contributed by atoms with van der Waals surface area (Å²) < 4.78 is 0. The van der Waals surface area contributed by atoms with Gasteiger partial charge in [0.05, 0.1) is 0 Å². The van der Waals surface area contributed by atoms with Crippen LogP contribution in [0.25, 0.3) is 0 Å². The van der Waals surface area contributed by atoms with Crippen LogP contribution in [0.3, 0.4) is 0 Å². The van der Waals surface area contributed by atoms with Crippen LogP contribution in [-0.2, 0) is 4.79 Å². The normalized spacial score (nSPS) is 12.7. The first-order valence-corrected chi connectivity index (χ1v) is 2.29. The molecule has 0 aromatic heterocycles. The molecule has 0 saturated carbocycles. The fraction of sp³-hybridized carbons (Fsp3) is 0.400. The monoisotopic (exact) mass is 151 g/mol. The standard InChI is InChI=1S/C5H9NO2.ClH/c1-4(6)2-3-5(7)8;/h2-4H,6H2,1H3,(H,7,8);1H/t4-;/m1./s1. The van der Waals surface area contributed by atoms with Crippen molar-refractivity contribution in [2.75, 3.05) is 0 Å². The van der Waals surface area contributed by atoms with E-state index in [1.807, 2.05) is 0 Å². The van der Waals surface area contributed by atoms with Crippen molar-refractivity contribution >= 4 is 18.4 Å². The van der Waals surface area contributed by atoms with Crippen LogP contribution in [0.15, 0.2) is 12.2 Å². The molecule has 0 heterocycles. The van der Waals surface area contributed by atoms with Gasteiger partial charge in [-0.25, -0.2) is 4.79 Å². The molecule has 0 rings (SSSR count). The lowest BCUT2D eigenvalue weighted by Crippen LogP contribution is -2.10. The average molecular weight is 152 g/mol.